The van der Waals surface area contributed by atoms with Gasteiger partial charge in [0.15, 0.2) is 0 Å². The number of benzene rings is 1. The van der Waals surface area contributed by atoms with Gasteiger partial charge < -0.3 is 9.32 Å². The van der Waals surface area contributed by atoms with Crippen molar-refractivity contribution < 1.29 is 4.42 Å². The van der Waals surface area contributed by atoms with E-state index in [4.69, 9.17) is 9.52 Å². The number of hydrogen-bond donors (Lipinski definition) is 0. The van der Waals surface area contributed by atoms with E-state index in [2.05, 4.69) is 34.1 Å². The Morgan fingerprint density at radius 3 is 2.56 bits per heavy atom. The van der Waals surface area contributed by atoms with Crippen molar-refractivity contribution in [2.24, 2.45) is 5.10 Å². The maximum Gasteiger partial charge on any atom is 0.149 e. The molecule has 1 aliphatic rings. The van der Waals surface area contributed by atoms with Crippen molar-refractivity contribution in [3.05, 3.63) is 84.5 Å². The maximum absolute atomic E-state index is 5.38. The summed E-state index contributed by atoms with van der Waals surface area (Å²) >= 11 is 0. The highest BCUT2D eigenvalue weighted by Crippen LogP contribution is 2.35. The zero-order chi connectivity index (χ0) is 18.6. The van der Waals surface area contributed by atoms with Crippen molar-refractivity contribution >= 4 is 23.3 Å². The molecule has 0 bridgehead atoms. The molecule has 3 aromatic rings. The van der Waals surface area contributed by atoms with Crippen LogP contribution >= 0.6 is 0 Å². The highest BCUT2D eigenvalue weighted by molar-refractivity contribution is 6.00. The SMILES string of the molecule is CN(C)c1ccc(C2CC(C=Cc3ccco3)=NN2c2ccccn2)cc1. The van der Waals surface area contributed by atoms with Gasteiger partial charge in [-0.15, -0.1) is 0 Å². The highest BCUT2D eigenvalue weighted by Gasteiger charge is 2.29. The minimum Gasteiger partial charge on any atom is -0.465 e. The summed E-state index contributed by atoms with van der Waals surface area (Å²) in [5, 5.41) is 6.83. The summed E-state index contributed by atoms with van der Waals surface area (Å²) in [5.74, 6) is 1.67. The van der Waals surface area contributed by atoms with Gasteiger partial charge in [0.05, 0.1) is 18.0 Å². The summed E-state index contributed by atoms with van der Waals surface area (Å²) in [5.41, 5.74) is 3.40. The van der Waals surface area contributed by atoms with Crippen LogP contribution in [0.5, 0.6) is 0 Å². The maximum atomic E-state index is 5.38. The lowest BCUT2D eigenvalue weighted by Gasteiger charge is -2.23. The number of hydrazone groups is 1. The number of rotatable bonds is 5. The van der Waals surface area contributed by atoms with Crippen LogP contribution in [0.2, 0.25) is 0 Å². The van der Waals surface area contributed by atoms with Crippen LogP contribution in [0.1, 0.15) is 23.8 Å². The van der Waals surface area contributed by atoms with Crippen molar-refractivity contribution in [3.63, 3.8) is 0 Å². The molecular weight excluding hydrogens is 336 g/mol. The van der Waals surface area contributed by atoms with Gasteiger partial charge in [0.25, 0.3) is 0 Å². The van der Waals surface area contributed by atoms with E-state index >= 15 is 0 Å². The van der Waals surface area contributed by atoms with Gasteiger partial charge in [-0.3, -0.25) is 0 Å². The Morgan fingerprint density at radius 2 is 1.89 bits per heavy atom. The van der Waals surface area contributed by atoms with Crippen LogP contribution in [0.3, 0.4) is 0 Å². The molecule has 1 unspecified atom stereocenters. The molecule has 5 nitrogen and oxygen atoms in total. The number of pyridine rings is 1. The van der Waals surface area contributed by atoms with E-state index in [-0.39, 0.29) is 6.04 Å². The fraction of sp³-hybridized carbons (Fsp3) is 0.182. The molecule has 2 aromatic heterocycles. The molecule has 4 rings (SSSR count). The lowest BCUT2D eigenvalue weighted by molar-refractivity contribution is 0.557. The zero-order valence-corrected chi connectivity index (χ0v) is 15.5. The summed E-state index contributed by atoms with van der Waals surface area (Å²) in [4.78, 5) is 6.59. The highest BCUT2D eigenvalue weighted by atomic mass is 16.3. The first-order chi connectivity index (χ1) is 13.2. The summed E-state index contributed by atoms with van der Waals surface area (Å²) in [6.07, 6.45) is 8.25. The molecule has 136 valence electrons. The smallest absolute Gasteiger partial charge is 0.149 e. The van der Waals surface area contributed by atoms with E-state index in [1.165, 1.54) is 11.3 Å². The number of aromatic nitrogens is 1. The Morgan fingerprint density at radius 1 is 1.04 bits per heavy atom. The van der Waals surface area contributed by atoms with Crippen LogP contribution in [0.15, 0.2) is 82.7 Å². The molecule has 0 fully saturated rings. The molecular formula is C22H22N4O. The first-order valence-corrected chi connectivity index (χ1v) is 8.97. The largest absolute Gasteiger partial charge is 0.465 e. The molecule has 0 saturated carbocycles. The van der Waals surface area contributed by atoms with Crippen molar-refractivity contribution in [2.75, 3.05) is 24.0 Å². The van der Waals surface area contributed by atoms with Gasteiger partial charge >= 0.3 is 0 Å². The standard InChI is InChI=1S/C22H22N4O/c1-25(2)19-11-8-17(9-12-19)21-16-18(10-13-20-6-5-15-27-20)24-26(21)22-7-3-4-14-23-22/h3-15,21H,16H2,1-2H3. The van der Waals surface area contributed by atoms with Crippen molar-refractivity contribution in [3.8, 4) is 0 Å². The summed E-state index contributed by atoms with van der Waals surface area (Å²) < 4.78 is 5.38. The Bertz CT molecular complexity index is 928. The van der Waals surface area contributed by atoms with Gasteiger partial charge in [0.2, 0.25) is 0 Å². The molecule has 27 heavy (non-hydrogen) atoms. The molecule has 1 aromatic carbocycles. The Labute approximate surface area is 159 Å². The lowest BCUT2D eigenvalue weighted by atomic mass is 10.0. The van der Waals surface area contributed by atoms with Gasteiger partial charge in [-0.25, -0.2) is 9.99 Å². The molecule has 0 spiro atoms. The average Bonchev–Trinajstić information content (AvgIpc) is 3.37. The van der Waals surface area contributed by atoms with Crippen molar-refractivity contribution in [1.29, 1.82) is 0 Å². The third-order valence-corrected chi connectivity index (χ3v) is 4.60. The number of anilines is 2. The van der Waals surface area contributed by atoms with Crippen LogP contribution in [-0.2, 0) is 0 Å². The van der Waals surface area contributed by atoms with Gasteiger partial charge in [-0.1, -0.05) is 18.2 Å². The quantitative estimate of drug-likeness (QED) is 0.659. The van der Waals surface area contributed by atoms with Crippen molar-refractivity contribution in [2.45, 2.75) is 12.5 Å². The van der Waals surface area contributed by atoms with Crippen LogP contribution < -0.4 is 9.91 Å². The lowest BCUT2D eigenvalue weighted by Crippen LogP contribution is -2.19. The third kappa shape index (κ3) is 3.77. The minimum atomic E-state index is 0.118. The average molecular weight is 358 g/mol. The van der Waals surface area contributed by atoms with Gasteiger partial charge in [0.1, 0.15) is 11.6 Å². The first kappa shape index (κ1) is 17.1. The van der Waals surface area contributed by atoms with E-state index in [1.807, 2.05) is 61.6 Å². The van der Waals surface area contributed by atoms with Gasteiger partial charge in [-0.05, 0) is 54.1 Å². The van der Waals surface area contributed by atoms with Crippen LogP contribution in [0.25, 0.3) is 6.08 Å². The van der Waals surface area contributed by atoms with Crippen LogP contribution in [0.4, 0.5) is 11.5 Å². The van der Waals surface area contributed by atoms with Crippen molar-refractivity contribution in [1.82, 2.24) is 4.98 Å². The minimum absolute atomic E-state index is 0.118. The first-order valence-electron chi connectivity index (χ1n) is 8.97. The number of allylic oxidation sites excluding steroid dienone is 1. The van der Waals surface area contributed by atoms with E-state index in [0.29, 0.717) is 0 Å². The molecule has 5 heteroatoms. The summed E-state index contributed by atoms with van der Waals surface area (Å²) in [7, 11) is 4.09. The predicted molar refractivity (Wildman–Crippen MR) is 110 cm³/mol. The molecule has 0 aliphatic carbocycles. The summed E-state index contributed by atoms with van der Waals surface area (Å²) in [6, 6.07) is 18.4. The monoisotopic (exact) mass is 358 g/mol. The number of furan rings is 1. The van der Waals surface area contributed by atoms with E-state index < -0.39 is 0 Å². The Kier molecular flexibility index (Phi) is 4.75. The second kappa shape index (κ2) is 7.50. The van der Waals surface area contributed by atoms with Crippen LogP contribution in [-0.4, -0.2) is 24.8 Å². The Balaban J connectivity index is 1.63. The molecule has 0 saturated heterocycles. The van der Waals surface area contributed by atoms with E-state index in [9.17, 15) is 0 Å². The summed E-state index contributed by atoms with van der Waals surface area (Å²) in [6.45, 7) is 0. The molecule has 1 aliphatic heterocycles. The van der Waals surface area contributed by atoms with Gasteiger partial charge in [0, 0.05) is 32.4 Å². The van der Waals surface area contributed by atoms with Crippen LogP contribution in [0, 0.1) is 0 Å². The molecule has 0 N–H and O–H groups in total. The number of nitrogens with zero attached hydrogens (tertiary/aromatic N) is 4. The second-order valence-corrected chi connectivity index (χ2v) is 6.68. The van der Waals surface area contributed by atoms with Gasteiger partial charge in [-0.2, -0.15) is 5.10 Å². The fourth-order valence-corrected chi connectivity index (χ4v) is 3.15. The predicted octanol–water partition coefficient (Wildman–Crippen LogP) is 4.76. The molecule has 0 amide bonds. The second-order valence-electron chi connectivity index (χ2n) is 6.68. The molecule has 3 heterocycles. The number of hydrogen-bond acceptors (Lipinski definition) is 5. The van der Waals surface area contributed by atoms with E-state index in [0.717, 1.165) is 23.7 Å². The Hall–Kier alpha value is -3.34. The third-order valence-electron chi connectivity index (χ3n) is 4.60. The topological polar surface area (TPSA) is 44.9 Å². The van der Waals surface area contributed by atoms with E-state index in [1.54, 1.807) is 12.5 Å². The zero-order valence-electron chi connectivity index (χ0n) is 15.5. The normalized spacial score (nSPS) is 16.7. The molecule has 1 atom stereocenters. The fourth-order valence-electron chi connectivity index (χ4n) is 3.15. The molecule has 0 radical (unpaired) electrons.